The van der Waals surface area contributed by atoms with Gasteiger partial charge >= 0.3 is 154 Å². The molecule has 0 saturated carbocycles. The Hall–Kier alpha value is 0.299. The van der Waals surface area contributed by atoms with Crippen LogP contribution in [0.25, 0.3) is 0 Å². The summed E-state index contributed by atoms with van der Waals surface area (Å²) in [6, 6.07) is 2.46. The molecule has 0 bridgehead atoms. The van der Waals surface area contributed by atoms with E-state index in [9.17, 15) is 0 Å². The monoisotopic (exact) mass is 446 g/mol. The van der Waals surface area contributed by atoms with E-state index in [1.807, 2.05) is 11.3 Å². The molecule has 1 rings (SSSR count). The first-order chi connectivity index (χ1) is 11.2. The molecular weight excluding hydrogens is 407 g/mol. The standard InChI is InChI=1S/C8H11OS.3C4H9.Sn/c1-2-3-5-9-8-4-6-10-7-8;3*1-3-4-2;/h4,7H,2-3,5H2,1H3;3*1,3-4H2,2H3;. The average molecular weight is 445 g/mol. The molecule has 1 aromatic heterocycles. The van der Waals surface area contributed by atoms with Gasteiger partial charge in [-0.15, -0.1) is 0 Å². The third kappa shape index (κ3) is 7.37. The summed E-state index contributed by atoms with van der Waals surface area (Å²) in [5.74, 6) is 1.16. The van der Waals surface area contributed by atoms with Crippen LogP contribution in [0.5, 0.6) is 5.75 Å². The quantitative estimate of drug-likeness (QED) is 0.222. The van der Waals surface area contributed by atoms with Gasteiger partial charge in [-0.3, -0.25) is 0 Å². The molecule has 0 aromatic carbocycles. The van der Waals surface area contributed by atoms with Crippen LogP contribution in [-0.2, 0) is 0 Å². The van der Waals surface area contributed by atoms with Crippen molar-refractivity contribution in [2.75, 3.05) is 6.61 Å². The number of hydrogen-bond donors (Lipinski definition) is 0. The summed E-state index contributed by atoms with van der Waals surface area (Å²) >= 11 is -0.172. The Morgan fingerprint density at radius 2 is 1.35 bits per heavy atom. The third-order valence-corrected chi connectivity index (χ3v) is 24.1. The zero-order valence-electron chi connectivity index (χ0n) is 16.0. The second-order valence-electron chi connectivity index (χ2n) is 6.94. The van der Waals surface area contributed by atoms with Crippen molar-refractivity contribution >= 4 is 32.6 Å². The first kappa shape index (κ1) is 21.3. The Bertz CT molecular complexity index is 380. The molecule has 0 amide bonds. The molecule has 0 saturated heterocycles. The predicted molar refractivity (Wildman–Crippen MR) is 109 cm³/mol. The number of unbranched alkanes of at least 4 members (excludes halogenated alkanes) is 4. The Kier molecular flexibility index (Phi) is 11.7. The van der Waals surface area contributed by atoms with Crippen molar-refractivity contribution in [1.29, 1.82) is 0 Å². The Morgan fingerprint density at radius 3 is 1.83 bits per heavy atom. The summed E-state index contributed by atoms with van der Waals surface area (Å²) in [6.07, 6.45) is 10.7. The number of hydrogen-bond acceptors (Lipinski definition) is 2. The van der Waals surface area contributed by atoms with Crippen molar-refractivity contribution in [3.63, 3.8) is 0 Å². The van der Waals surface area contributed by atoms with Crippen LogP contribution in [0.15, 0.2) is 11.4 Å². The summed E-state index contributed by atoms with van der Waals surface area (Å²) in [4.78, 5) is 0. The predicted octanol–water partition coefficient (Wildman–Crippen LogP) is 6.98. The molecule has 0 aliphatic rings. The van der Waals surface area contributed by atoms with Gasteiger partial charge < -0.3 is 0 Å². The molecule has 0 aliphatic heterocycles. The molecule has 0 atom stereocenters. The maximum absolute atomic E-state index is 5.98. The van der Waals surface area contributed by atoms with Crippen LogP contribution in [0, 0.1) is 0 Å². The van der Waals surface area contributed by atoms with Gasteiger partial charge in [-0.1, -0.05) is 0 Å². The average Bonchev–Trinajstić information content (AvgIpc) is 3.04. The normalized spacial score (nSPS) is 11.8. The van der Waals surface area contributed by atoms with E-state index in [2.05, 4.69) is 39.1 Å². The van der Waals surface area contributed by atoms with Gasteiger partial charge in [-0.2, -0.15) is 0 Å². The number of rotatable bonds is 14. The third-order valence-electron chi connectivity index (χ3n) is 4.89. The van der Waals surface area contributed by atoms with E-state index in [4.69, 9.17) is 4.74 Å². The molecule has 0 unspecified atom stereocenters. The molecule has 0 fully saturated rings. The van der Waals surface area contributed by atoms with Crippen LogP contribution in [0.2, 0.25) is 13.3 Å². The van der Waals surface area contributed by atoms with Crippen molar-refractivity contribution in [3.05, 3.63) is 11.4 Å². The topological polar surface area (TPSA) is 9.23 Å². The van der Waals surface area contributed by atoms with Crippen molar-refractivity contribution in [2.24, 2.45) is 0 Å². The zero-order chi connectivity index (χ0) is 17.0. The van der Waals surface area contributed by atoms with E-state index in [-0.39, 0.29) is 0 Å². The number of ether oxygens (including phenoxy) is 1. The van der Waals surface area contributed by atoms with E-state index in [1.54, 1.807) is 16.2 Å². The summed E-state index contributed by atoms with van der Waals surface area (Å²) in [6.45, 7) is 10.2. The molecule has 0 radical (unpaired) electrons. The van der Waals surface area contributed by atoms with E-state index in [0.29, 0.717) is 0 Å². The molecule has 0 spiro atoms. The minimum absolute atomic E-state index is 0.883. The molecule has 23 heavy (non-hydrogen) atoms. The van der Waals surface area contributed by atoms with Gasteiger partial charge in [0.2, 0.25) is 0 Å². The van der Waals surface area contributed by atoms with Gasteiger partial charge in [0.05, 0.1) is 0 Å². The zero-order valence-corrected chi connectivity index (χ0v) is 19.6. The van der Waals surface area contributed by atoms with Crippen molar-refractivity contribution in [3.8, 4) is 5.75 Å². The van der Waals surface area contributed by atoms with Gasteiger partial charge in [0.1, 0.15) is 0 Å². The molecule has 0 N–H and O–H groups in total. The van der Waals surface area contributed by atoms with Crippen molar-refractivity contribution in [2.45, 2.75) is 92.4 Å². The van der Waals surface area contributed by atoms with Gasteiger partial charge in [-0.05, 0) is 0 Å². The van der Waals surface area contributed by atoms with Crippen molar-refractivity contribution < 1.29 is 4.74 Å². The van der Waals surface area contributed by atoms with Gasteiger partial charge in [-0.25, -0.2) is 0 Å². The molecule has 1 nitrogen and oxygen atoms in total. The van der Waals surface area contributed by atoms with Crippen molar-refractivity contribution in [1.82, 2.24) is 0 Å². The Morgan fingerprint density at radius 1 is 0.826 bits per heavy atom. The van der Waals surface area contributed by atoms with Crippen LogP contribution < -0.4 is 7.63 Å². The fourth-order valence-electron chi connectivity index (χ4n) is 3.30. The molecule has 1 heterocycles. The molecular formula is C20H38OSSn. The van der Waals surface area contributed by atoms with Crippen LogP contribution in [0.3, 0.4) is 0 Å². The molecule has 134 valence electrons. The first-order valence-electron chi connectivity index (χ1n) is 9.94. The summed E-state index contributed by atoms with van der Waals surface area (Å²) < 4.78 is 12.4. The van der Waals surface area contributed by atoms with E-state index >= 15 is 0 Å². The number of thiophene rings is 1. The Balaban J connectivity index is 2.89. The molecule has 0 aliphatic carbocycles. The SMILES string of the molecule is CCCCOc1cs[c]([Sn]([CH2]CCC)([CH2]CCC)[CH2]CCC)c1. The summed E-state index contributed by atoms with van der Waals surface area (Å²) in [5.41, 5.74) is 0. The summed E-state index contributed by atoms with van der Waals surface area (Å²) in [7, 11) is 0. The van der Waals surface area contributed by atoms with Crippen LogP contribution in [0.4, 0.5) is 0 Å². The van der Waals surface area contributed by atoms with Crippen LogP contribution in [-0.4, -0.2) is 25.0 Å². The van der Waals surface area contributed by atoms with Gasteiger partial charge in [0.15, 0.2) is 0 Å². The summed E-state index contributed by atoms with van der Waals surface area (Å²) in [5, 5.41) is 2.29. The molecule has 1 aromatic rings. The first-order valence-corrected chi connectivity index (χ1v) is 18.3. The van der Waals surface area contributed by atoms with E-state index in [1.165, 1.54) is 51.4 Å². The maximum atomic E-state index is 5.98. The van der Waals surface area contributed by atoms with Gasteiger partial charge in [0.25, 0.3) is 0 Å². The van der Waals surface area contributed by atoms with E-state index < -0.39 is 18.4 Å². The van der Waals surface area contributed by atoms with E-state index in [0.717, 1.165) is 12.4 Å². The fourth-order valence-corrected chi connectivity index (χ4v) is 23.2. The molecule has 3 heteroatoms. The van der Waals surface area contributed by atoms with Crippen LogP contribution >= 0.6 is 11.3 Å². The second kappa shape index (κ2) is 12.6. The van der Waals surface area contributed by atoms with Gasteiger partial charge in [0, 0.05) is 0 Å². The fraction of sp³-hybridized carbons (Fsp3) is 0.800. The second-order valence-corrected chi connectivity index (χ2v) is 22.0. The van der Waals surface area contributed by atoms with Crippen LogP contribution in [0.1, 0.15) is 79.1 Å². The minimum atomic E-state index is -2.21. The Labute approximate surface area is 153 Å².